The van der Waals surface area contributed by atoms with Crippen LogP contribution in [0.5, 0.6) is 5.75 Å². The Kier molecular flexibility index (Phi) is 4.82. The molecule has 0 spiro atoms. The lowest BCUT2D eigenvalue weighted by Crippen LogP contribution is -2.25. The van der Waals surface area contributed by atoms with E-state index in [9.17, 15) is 4.79 Å². The average Bonchev–Trinajstić information content (AvgIpc) is 2.86. The molecule has 1 aromatic heterocycles. The molecule has 0 radical (unpaired) electrons. The zero-order valence-corrected chi connectivity index (χ0v) is 12.3. The second-order valence-corrected chi connectivity index (χ2v) is 5.19. The Bertz CT molecular complexity index is 464. The number of aromatic nitrogens is 1. The Morgan fingerprint density at radius 3 is 3.00 bits per heavy atom. The fourth-order valence-electron chi connectivity index (χ4n) is 2.54. The number of carbonyl (C=O) groups excluding carboxylic acids is 1. The van der Waals surface area contributed by atoms with E-state index in [-0.39, 0.29) is 17.8 Å². The molecule has 1 aliphatic rings. The van der Waals surface area contributed by atoms with Gasteiger partial charge < -0.3 is 14.4 Å². The number of rotatable bonds is 5. The van der Waals surface area contributed by atoms with Crippen LogP contribution in [-0.2, 0) is 9.53 Å². The highest BCUT2D eigenvalue weighted by Crippen LogP contribution is 2.33. The van der Waals surface area contributed by atoms with E-state index in [1.54, 1.807) is 6.20 Å². The monoisotopic (exact) mass is 278 g/mol. The van der Waals surface area contributed by atoms with Gasteiger partial charge in [0.15, 0.2) is 11.6 Å². The van der Waals surface area contributed by atoms with Gasteiger partial charge in [0.05, 0.1) is 19.6 Å². The smallest absolute Gasteiger partial charge is 0.310 e. The Labute approximate surface area is 119 Å². The molecule has 1 fully saturated rings. The number of nitrogens with zero attached hydrogens (tertiary/aromatic N) is 2. The third-order valence-corrected chi connectivity index (χ3v) is 3.63. The van der Waals surface area contributed by atoms with Gasteiger partial charge in [0.25, 0.3) is 0 Å². The summed E-state index contributed by atoms with van der Waals surface area (Å²) in [6, 6.07) is 3.79. The maximum Gasteiger partial charge on any atom is 0.310 e. The summed E-state index contributed by atoms with van der Waals surface area (Å²) < 4.78 is 10.6. The minimum absolute atomic E-state index is 0.0963. The zero-order chi connectivity index (χ0) is 14.5. The summed E-state index contributed by atoms with van der Waals surface area (Å²) in [6.07, 6.45) is 2.71. The second kappa shape index (κ2) is 6.59. The zero-order valence-electron chi connectivity index (χ0n) is 12.3. The topological polar surface area (TPSA) is 51.7 Å². The first kappa shape index (κ1) is 14.6. The number of anilines is 1. The van der Waals surface area contributed by atoms with Gasteiger partial charge >= 0.3 is 5.97 Å². The first-order valence-electron chi connectivity index (χ1n) is 7.08. The quantitative estimate of drug-likeness (QED) is 0.772. The van der Waals surface area contributed by atoms with Crippen LogP contribution < -0.4 is 9.64 Å². The van der Waals surface area contributed by atoms with Crippen LogP contribution in [0.2, 0.25) is 0 Å². The van der Waals surface area contributed by atoms with Crippen molar-refractivity contribution in [2.75, 3.05) is 31.7 Å². The summed E-state index contributed by atoms with van der Waals surface area (Å²) in [7, 11) is 1.44. The third kappa shape index (κ3) is 3.03. The van der Waals surface area contributed by atoms with Crippen molar-refractivity contribution in [1.82, 2.24) is 4.98 Å². The lowest BCUT2D eigenvalue weighted by atomic mass is 9.99. The molecule has 1 aromatic rings. The Hall–Kier alpha value is -1.78. The number of methoxy groups -OCH3 is 1. The minimum atomic E-state index is -0.146. The number of hydrogen-bond donors (Lipinski definition) is 0. The molecule has 2 unspecified atom stereocenters. The summed E-state index contributed by atoms with van der Waals surface area (Å²) in [5, 5.41) is 0. The standard InChI is InChI=1S/C15H22N2O3/c1-4-8-20-13-6-5-7-16-14(13)17-9-11(2)12(10-17)15(18)19-3/h5-7,11-12H,4,8-10H2,1-3H3. The SMILES string of the molecule is CCCOc1cccnc1N1CC(C)C(C(=O)OC)C1. The summed E-state index contributed by atoms with van der Waals surface area (Å²) in [5.74, 6) is 1.61. The van der Waals surface area contributed by atoms with Crippen LogP contribution in [0.1, 0.15) is 20.3 Å². The molecule has 0 bridgehead atoms. The van der Waals surface area contributed by atoms with E-state index < -0.39 is 0 Å². The molecular formula is C15H22N2O3. The van der Waals surface area contributed by atoms with Crippen molar-refractivity contribution in [2.45, 2.75) is 20.3 Å². The van der Waals surface area contributed by atoms with Crippen molar-refractivity contribution < 1.29 is 14.3 Å². The predicted molar refractivity (Wildman–Crippen MR) is 76.9 cm³/mol. The predicted octanol–water partition coefficient (Wildman–Crippen LogP) is 2.12. The van der Waals surface area contributed by atoms with Crippen molar-refractivity contribution in [3.63, 3.8) is 0 Å². The molecule has 2 atom stereocenters. The van der Waals surface area contributed by atoms with Crippen LogP contribution in [0.25, 0.3) is 0 Å². The first-order chi connectivity index (χ1) is 9.67. The molecule has 5 heteroatoms. The fourth-order valence-corrected chi connectivity index (χ4v) is 2.54. The maximum atomic E-state index is 11.8. The van der Waals surface area contributed by atoms with Crippen LogP contribution in [-0.4, -0.2) is 37.8 Å². The van der Waals surface area contributed by atoms with Crippen LogP contribution in [0.15, 0.2) is 18.3 Å². The molecule has 1 saturated heterocycles. The fraction of sp³-hybridized carbons (Fsp3) is 0.600. The summed E-state index contributed by atoms with van der Waals surface area (Å²) in [5.41, 5.74) is 0. The third-order valence-electron chi connectivity index (χ3n) is 3.63. The molecule has 0 aromatic carbocycles. The molecule has 2 heterocycles. The molecule has 0 saturated carbocycles. The summed E-state index contributed by atoms with van der Waals surface area (Å²) in [6.45, 7) is 6.23. The van der Waals surface area contributed by atoms with E-state index in [1.165, 1.54) is 7.11 Å². The number of pyridine rings is 1. The van der Waals surface area contributed by atoms with Gasteiger partial charge in [0.2, 0.25) is 0 Å². The Morgan fingerprint density at radius 2 is 2.30 bits per heavy atom. The van der Waals surface area contributed by atoms with Crippen LogP contribution in [0.4, 0.5) is 5.82 Å². The van der Waals surface area contributed by atoms with Gasteiger partial charge in [-0.25, -0.2) is 4.98 Å². The molecule has 5 nitrogen and oxygen atoms in total. The molecule has 0 amide bonds. The number of carbonyl (C=O) groups is 1. The molecule has 110 valence electrons. The summed E-state index contributed by atoms with van der Waals surface area (Å²) in [4.78, 5) is 18.3. The van der Waals surface area contributed by atoms with Gasteiger partial charge in [-0.1, -0.05) is 13.8 Å². The minimum Gasteiger partial charge on any atom is -0.490 e. The largest absolute Gasteiger partial charge is 0.490 e. The Morgan fingerprint density at radius 1 is 1.50 bits per heavy atom. The molecule has 2 rings (SSSR count). The lowest BCUT2D eigenvalue weighted by Gasteiger charge is -2.20. The van der Waals surface area contributed by atoms with Crippen LogP contribution in [0, 0.1) is 11.8 Å². The molecule has 0 N–H and O–H groups in total. The molecular weight excluding hydrogens is 256 g/mol. The van der Waals surface area contributed by atoms with Gasteiger partial charge in [-0.15, -0.1) is 0 Å². The highest BCUT2D eigenvalue weighted by Gasteiger charge is 2.37. The van der Waals surface area contributed by atoms with Crippen LogP contribution >= 0.6 is 0 Å². The van der Waals surface area contributed by atoms with E-state index in [2.05, 4.69) is 23.7 Å². The Balaban J connectivity index is 2.14. The first-order valence-corrected chi connectivity index (χ1v) is 7.08. The van der Waals surface area contributed by atoms with Gasteiger partial charge in [-0.2, -0.15) is 0 Å². The summed E-state index contributed by atoms with van der Waals surface area (Å²) >= 11 is 0. The van der Waals surface area contributed by atoms with E-state index in [0.717, 1.165) is 24.5 Å². The second-order valence-electron chi connectivity index (χ2n) is 5.19. The van der Waals surface area contributed by atoms with E-state index in [0.29, 0.717) is 13.2 Å². The highest BCUT2D eigenvalue weighted by molar-refractivity contribution is 5.74. The van der Waals surface area contributed by atoms with Crippen molar-refractivity contribution in [1.29, 1.82) is 0 Å². The highest BCUT2D eigenvalue weighted by atomic mass is 16.5. The number of esters is 1. The molecule has 1 aliphatic heterocycles. The average molecular weight is 278 g/mol. The van der Waals surface area contributed by atoms with E-state index >= 15 is 0 Å². The molecule has 0 aliphatic carbocycles. The van der Waals surface area contributed by atoms with Gasteiger partial charge in [0, 0.05) is 19.3 Å². The maximum absolute atomic E-state index is 11.8. The van der Waals surface area contributed by atoms with Gasteiger partial charge in [-0.05, 0) is 24.5 Å². The molecule has 20 heavy (non-hydrogen) atoms. The van der Waals surface area contributed by atoms with Crippen LogP contribution in [0.3, 0.4) is 0 Å². The van der Waals surface area contributed by atoms with E-state index in [1.807, 2.05) is 12.1 Å². The number of ether oxygens (including phenoxy) is 2. The van der Waals surface area contributed by atoms with Crippen molar-refractivity contribution >= 4 is 11.8 Å². The van der Waals surface area contributed by atoms with Crippen molar-refractivity contribution in [3.8, 4) is 5.75 Å². The van der Waals surface area contributed by atoms with E-state index in [4.69, 9.17) is 9.47 Å². The van der Waals surface area contributed by atoms with Crippen molar-refractivity contribution in [2.24, 2.45) is 11.8 Å². The normalized spacial score (nSPS) is 21.9. The number of hydrogen-bond acceptors (Lipinski definition) is 5. The van der Waals surface area contributed by atoms with Gasteiger partial charge in [-0.3, -0.25) is 4.79 Å². The lowest BCUT2D eigenvalue weighted by molar-refractivity contribution is -0.145. The van der Waals surface area contributed by atoms with Gasteiger partial charge in [0.1, 0.15) is 0 Å². The van der Waals surface area contributed by atoms with Crippen molar-refractivity contribution in [3.05, 3.63) is 18.3 Å².